The van der Waals surface area contributed by atoms with Crippen molar-refractivity contribution in [1.82, 2.24) is 4.48 Å². The van der Waals surface area contributed by atoms with Crippen LogP contribution in [0.15, 0.2) is 54.6 Å². The number of hydrogen-bond donors (Lipinski definition) is 0. The van der Waals surface area contributed by atoms with Gasteiger partial charge in [0.25, 0.3) is 0 Å². The fourth-order valence-corrected chi connectivity index (χ4v) is 4.76. The second kappa shape index (κ2) is 13.2. The highest BCUT2D eigenvalue weighted by Gasteiger charge is 2.35. The van der Waals surface area contributed by atoms with E-state index in [0.29, 0.717) is 0 Å². The first-order valence-electron chi connectivity index (χ1n) is 11.9. The number of hydrogen-bond acceptors (Lipinski definition) is 3. The molecule has 31 heavy (non-hydrogen) atoms. The van der Waals surface area contributed by atoms with Crippen molar-refractivity contribution in [2.45, 2.75) is 77.9 Å². The summed E-state index contributed by atoms with van der Waals surface area (Å²) < 4.78 is 32.6. The summed E-state index contributed by atoms with van der Waals surface area (Å²) >= 11 is 0. The average molecular weight is 450 g/mol. The third kappa shape index (κ3) is 7.89. The largest absolute Gasteiger partial charge is 0.747 e. The van der Waals surface area contributed by atoms with E-state index in [4.69, 9.17) is 0 Å². The third-order valence-electron chi connectivity index (χ3n) is 6.50. The summed E-state index contributed by atoms with van der Waals surface area (Å²) in [5.41, 5.74) is 1.53. The SMILES string of the molecule is CC1C=CC=CC1(C)S(=O)(=O)[O-].CCCC[N+](CCCC)(CCCC)c1ccccc1. The fraction of sp³-hybridized carbons (Fsp3) is 0.615. The highest BCUT2D eigenvalue weighted by Crippen LogP contribution is 2.31. The lowest BCUT2D eigenvalue weighted by atomic mass is 9.91. The lowest BCUT2D eigenvalue weighted by Gasteiger charge is -2.38. The summed E-state index contributed by atoms with van der Waals surface area (Å²) in [6.45, 7) is 14.0. The Balaban J connectivity index is 0.000000343. The zero-order valence-corrected chi connectivity index (χ0v) is 21.0. The first-order chi connectivity index (χ1) is 14.7. The van der Waals surface area contributed by atoms with Crippen molar-refractivity contribution in [3.05, 3.63) is 54.6 Å². The van der Waals surface area contributed by atoms with Crippen LogP contribution in [0, 0.1) is 5.92 Å². The summed E-state index contributed by atoms with van der Waals surface area (Å²) in [5, 5.41) is 0. The molecule has 2 atom stereocenters. The van der Waals surface area contributed by atoms with Gasteiger partial charge in [0.2, 0.25) is 0 Å². The van der Waals surface area contributed by atoms with Crippen LogP contribution in [0.3, 0.4) is 0 Å². The maximum absolute atomic E-state index is 10.9. The molecule has 0 fully saturated rings. The van der Waals surface area contributed by atoms with Crippen LogP contribution < -0.4 is 4.48 Å². The van der Waals surface area contributed by atoms with Crippen molar-refractivity contribution >= 4 is 15.8 Å². The molecule has 1 aliphatic carbocycles. The van der Waals surface area contributed by atoms with Crippen LogP contribution in [0.2, 0.25) is 0 Å². The van der Waals surface area contributed by atoms with Gasteiger partial charge in [0.1, 0.15) is 15.8 Å². The first kappa shape index (κ1) is 27.6. The molecule has 176 valence electrons. The molecule has 2 unspecified atom stereocenters. The van der Waals surface area contributed by atoms with Crippen molar-refractivity contribution in [3.63, 3.8) is 0 Å². The zero-order valence-electron chi connectivity index (χ0n) is 20.2. The summed E-state index contributed by atoms with van der Waals surface area (Å²) in [5.74, 6) is -0.259. The van der Waals surface area contributed by atoms with E-state index in [1.54, 1.807) is 25.2 Å². The Hall–Kier alpha value is -1.43. The van der Waals surface area contributed by atoms with Crippen LogP contribution in [0.1, 0.15) is 73.1 Å². The number of benzene rings is 1. The minimum absolute atomic E-state index is 0.259. The molecule has 0 aromatic heterocycles. The fourth-order valence-electron chi connectivity index (χ4n) is 3.98. The van der Waals surface area contributed by atoms with E-state index in [-0.39, 0.29) is 5.92 Å². The molecule has 1 aromatic rings. The summed E-state index contributed by atoms with van der Waals surface area (Å²) in [7, 11) is -4.26. The Bertz CT molecular complexity index is 764. The molecule has 0 radical (unpaired) electrons. The molecule has 0 amide bonds. The Morgan fingerprint density at radius 2 is 1.39 bits per heavy atom. The van der Waals surface area contributed by atoms with Crippen molar-refractivity contribution in [2.24, 2.45) is 5.92 Å². The maximum Gasteiger partial charge on any atom is 0.132 e. The minimum atomic E-state index is -4.26. The monoisotopic (exact) mass is 449 g/mol. The van der Waals surface area contributed by atoms with Crippen molar-refractivity contribution in [1.29, 1.82) is 0 Å². The number of quaternary nitrogens is 1. The summed E-state index contributed by atoms with van der Waals surface area (Å²) in [6, 6.07) is 11.2. The van der Waals surface area contributed by atoms with Gasteiger partial charge < -0.3 is 4.55 Å². The molecule has 0 saturated carbocycles. The van der Waals surface area contributed by atoms with Crippen molar-refractivity contribution in [2.75, 3.05) is 19.6 Å². The molecule has 0 saturated heterocycles. The van der Waals surface area contributed by atoms with Crippen LogP contribution in [-0.2, 0) is 10.1 Å². The Kier molecular flexibility index (Phi) is 11.7. The van der Waals surface area contributed by atoms with Gasteiger partial charge >= 0.3 is 0 Å². The second-order valence-electron chi connectivity index (χ2n) is 8.88. The van der Waals surface area contributed by atoms with E-state index in [0.717, 1.165) is 0 Å². The van der Waals surface area contributed by atoms with E-state index in [1.807, 2.05) is 0 Å². The van der Waals surface area contributed by atoms with E-state index >= 15 is 0 Å². The lowest BCUT2D eigenvalue weighted by Crippen LogP contribution is -2.51. The Labute approximate surface area is 191 Å². The molecule has 0 bridgehead atoms. The molecular formula is C26H43NO3S. The van der Waals surface area contributed by atoms with Crippen LogP contribution in [0.25, 0.3) is 0 Å². The van der Waals surface area contributed by atoms with E-state index in [1.165, 1.54) is 81.3 Å². The Morgan fingerprint density at radius 1 is 0.903 bits per heavy atom. The number of para-hydroxylation sites is 1. The third-order valence-corrected chi connectivity index (χ3v) is 8.09. The van der Waals surface area contributed by atoms with E-state index < -0.39 is 14.9 Å². The lowest BCUT2D eigenvalue weighted by molar-refractivity contribution is 0.259. The molecule has 4 nitrogen and oxygen atoms in total. The number of unbranched alkanes of at least 4 members (excludes halogenated alkanes) is 3. The maximum atomic E-state index is 10.9. The highest BCUT2D eigenvalue weighted by molar-refractivity contribution is 7.87. The van der Waals surface area contributed by atoms with Gasteiger partial charge in [-0.05, 0) is 44.2 Å². The predicted molar refractivity (Wildman–Crippen MR) is 133 cm³/mol. The zero-order chi connectivity index (χ0) is 23.4. The molecule has 1 aromatic carbocycles. The summed E-state index contributed by atoms with van der Waals surface area (Å²) in [6.07, 6.45) is 14.4. The minimum Gasteiger partial charge on any atom is -0.747 e. The molecule has 0 aliphatic heterocycles. The molecular weight excluding hydrogens is 406 g/mol. The number of rotatable bonds is 11. The number of allylic oxidation sites excluding steroid dienone is 3. The van der Waals surface area contributed by atoms with E-state index in [2.05, 4.69) is 51.1 Å². The van der Waals surface area contributed by atoms with Crippen LogP contribution >= 0.6 is 0 Å². The normalized spacial score (nSPS) is 20.9. The second-order valence-corrected chi connectivity index (χ2v) is 10.7. The van der Waals surface area contributed by atoms with Gasteiger partial charge in [0, 0.05) is 0 Å². The van der Waals surface area contributed by atoms with Gasteiger partial charge in [-0.2, -0.15) is 0 Å². The topological polar surface area (TPSA) is 57.2 Å². The van der Waals surface area contributed by atoms with Gasteiger partial charge in [-0.15, -0.1) is 0 Å². The molecule has 0 N–H and O–H groups in total. The van der Waals surface area contributed by atoms with Gasteiger partial charge in [0.05, 0.1) is 24.4 Å². The predicted octanol–water partition coefficient (Wildman–Crippen LogP) is 6.45. The number of nitrogens with zero attached hydrogens (tertiary/aromatic N) is 1. The molecule has 1 aliphatic rings. The molecule has 2 rings (SSSR count). The molecule has 5 heteroatoms. The van der Waals surface area contributed by atoms with Crippen molar-refractivity contribution < 1.29 is 13.0 Å². The van der Waals surface area contributed by atoms with E-state index in [9.17, 15) is 13.0 Å². The average Bonchev–Trinajstić information content (AvgIpc) is 2.76. The standard InChI is InChI=1S/C18H32N.C8H12O3S/c1-4-7-15-19(16-8-5-2,17-9-6-3)18-13-11-10-12-14-18;1-7-5-3-4-6-8(7,2)12(9,10)11/h10-14H,4-9,15-17H2,1-3H3;3-7H,1-2H3,(H,9,10,11)/q+1;/p-1. The smallest absolute Gasteiger partial charge is 0.132 e. The van der Waals surface area contributed by atoms with Gasteiger partial charge in [-0.1, -0.05) is 89.5 Å². The quantitative estimate of drug-likeness (QED) is 0.288. The van der Waals surface area contributed by atoms with Gasteiger partial charge in [-0.25, -0.2) is 8.42 Å². The van der Waals surface area contributed by atoms with Gasteiger partial charge in [-0.3, -0.25) is 4.48 Å². The van der Waals surface area contributed by atoms with Gasteiger partial charge in [0.15, 0.2) is 0 Å². The molecule has 0 heterocycles. The van der Waals surface area contributed by atoms with Crippen LogP contribution in [-0.4, -0.2) is 37.4 Å². The Morgan fingerprint density at radius 3 is 1.74 bits per heavy atom. The summed E-state index contributed by atoms with van der Waals surface area (Å²) in [4.78, 5) is 0. The molecule has 0 spiro atoms. The van der Waals surface area contributed by atoms with Crippen molar-refractivity contribution in [3.8, 4) is 0 Å². The first-order valence-corrected chi connectivity index (χ1v) is 13.3. The van der Waals surface area contributed by atoms with Crippen LogP contribution in [0.4, 0.5) is 5.69 Å². The highest BCUT2D eigenvalue weighted by atomic mass is 32.2. The van der Waals surface area contributed by atoms with Crippen LogP contribution in [0.5, 0.6) is 0 Å².